The lowest BCUT2D eigenvalue weighted by Crippen LogP contribution is -2.23. The van der Waals surface area contributed by atoms with Crippen LogP contribution in [0.5, 0.6) is 5.75 Å². The number of imidazole rings is 1. The molecule has 1 N–H and O–H groups in total. The zero-order valence-electron chi connectivity index (χ0n) is 18.7. The van der Waals surface area contributed by atoms with Gasteiger partial charge in [-0.3, -0.25) is 4.79 Å². The van der Waals surface area contributed by atoms with Gasteiger partial charge in [0.05, 0.1) is 19.2 Å². The van der Waals surface area contributed by atoms with Gasteiger partial charge < -0.3 is 19.0 Å². The van der Waals surface area contributed by atoms with Crippen molar-refractivity contribution in [1.82, 2.24) is 14.9 Å². The fourth-order valence-corrected chi connectivity index (χ4v) is 3.83. The van der Waals surface area contributed by atoms with Crippen LogP contribution in [0.15, 0.2) is 71.9 Å². The van der Waals surface area contributed by atoms with Crippen molar-refractivity contribution in [2.75, 3.05) is 13.2 Å². The van der Waals surface area contributed by atoms with E-state index >= 15 is 0 Å². The summed E-state index contributed by atoms with van der Waals surface area (Å²) in [7, 11) is 0. The molecule has 170 valence electrons. The minimum Gasteiger partial charge on any atom is -0.493 e. The highest BCUT2D eigenvalue weighted by molar-refractivity contribution is 6.30. The summed E-state index contributed by atoms with van der Waals surface area (Å²) < 4.78 is 13.7. The summed E-state index contributed by atoms with van der Waals surface area (Å²) in [6.45, 7) is 5.75. The summed E-state index contributed by atoms with van der Waals surface area (Å²) in [6, 6.07) is 11.5. The van der Waals surface area contributed by atoms with Gasteiger partial charge in [-0.05, 0) is 49.6 Å². The fraction of sp³-hybridized carbons (Fsp3) is 0.231. The Morgan fingerprint density at radius 1 is 1.27 bits per heavy atom. The smallest absolute Gasteiger partial charge is 0.244 e. The number of amides is 1. The molecule has 0 saturated carbocycles. The number of carbonyl (C=O) groups excluding carboxylic acids is 1. The first-order valence-corrected chi connectivity index (χ1v) is 11.3. The van der Waals surface area contributed by atoms with Crippen LogP contribution in [-0.2, 0) is 11.3 Å². The average molecular weight is 464 g/mol. The van der Waals surface area contributed by atoms with E-state index in [4.69, 9.17) is 20.8 Å². The van der Waals surface area contributed by atoms with Crippen molar-refractivity contribution in [2.24, 2.45) is 0 Å². The van der Waals surface area contributed by atoms with E-state index in [0.717, 1.165) is 46.2 Å². The zero-order chi connectivity index (χ0) is 23.2. The first-order chi connectivity index (χ1) is 16.0. The number of rotatable bonds is 9. The molecule has 4 aromatic rings. The molecular weight excluding hydrogens is 438 g/mol. The lowest BCUT2D eigenvalue weighted by molar-refractivity contribution is -0.116. The molecule has 0 unspecified atom stereocenters. The molecule has 0 aliphatic rings. The van der Waals surface area contributed by atoms with Gasteiger partial charge in [-0.2, -0.15) is 0 Å². The number of ether oxygens (including phenoxy) is 1. The maximum atomic E-state index is 12.5. The SMILES string of the molecule is CCOc1cc2occ(-c3ccc(Cl)cc3)c2cc1/C(C)=C/C(=O)NCCCn1ccnc1. The molecule has 0 bridgehead atoms. The minimum absolute atomic E-state index is 0.134. The van der Waals surface area contributed by atoms with Crippen LogP contribution in [0.1, 0.15) is 25.8 Å². The van der Waals surface area contributed by atoms with Crippen molar-refractivity contribution in [3.8, 4) is 16.9 Å². The first-order valence-electron chi connectivity index (χ1n) is 10.9. The van der Waals surface area contributed by atoms with Gasteiger partial charge in [-0.15, -0.1) is 0 Å². The predicted molar refractivity (Wildman–Crippen MR) is 131 cm³/mol. The molecule has 0 atom stereocenters. The first kappa shape index (κ1) is 22.7. The van der Waals surface area contributed by atoms with Crippen LogP contribution in [0.4, 0.5) is 0 Å². The quantitative estimate of drug-likeness (QED) is 0.245. The highest BCUT2D eigenvalue weighted by atomic mass is 35.5. The van der Waals surface area contributed by atoms with E-state index in [1.807, 2.05) is 61.0 Å². The number of hydrogen-bond acceptors (Lipinski definition) is 4. The van der Waals surface area contributed by atoms with Gasteiger partial charge in [0.25, 0.3) is 0 Å². The van der Waals surface area contributed by atoms with Gasteiger partial charge in [0.1, 0.15) is 11.3 Å². The number of hydrogen-bond donors (Lipinski definition) is 1. The van der Waals surface area contributed by atoms with Crippen molar-refractivity contribution < 1.29 is 13.9 Å². The lowest BCUT2D eigenvalue weighted by atomic mass is 9.99. The Labute approximate surface area is 197 Å². The number of nitrogens with zero attached hydrogens (tertiary/aromatic N) is 2. The second-order valence-corrected chi connectivity index (χ2v) is 8.14. The van der Waals surface area contributed by atoms with Gasteiger partial charge in [0.2, 0.25) is 5.91 Å². The number of nitrogens with one attached hydrogen (secondary N) is 1. The molecule has 4 rings (SSSR count). The van der Waals surface area contributed by atoms with Crippen molar-refractivity contribution in [2.45, 2.75) is 26.8 Å². The van der Waals surface area contributed by atoms with E-state index in [9.17, 15) is 4.79 Å². The van der Waals surface area contributed by atoms with E-state index in [2.05, 4.69) is 10.3 Å². The standard InChI is InChI=1S/C26H26ClN3O3/c1-3-32-24-15-25-22(23(16-33-25)19-5-7-20(27)8-6-19)14-21(24)18(2)13-26(31)29-9-4-11-30-12-10-28-17-30/h5-8,10,12-17H,3-4,9,11H2,1-2H3,(H,29,31)/b18-13+. The van der Waals surface area contributed by atoms with E-state index in [0.29, 0.717) is 23.9 Å². The van der Waals surface area contributed by atoms with E-state index in [-0.39, 0.29) is 5.91 Å². The third-order valence-electron chi connectivity index (χ3n) is 5.35. The zero-order valence-corrected chi connectivity index (χ0v) is 19.4. The topological polar surface area (TPSA) is 69.3 Å². The molecule has 2 heterocycles. The van der Waals surface area contributed by atoms with Gasteiger partial charge in [-0.1, -0.05) is 23.7 Å². The molecular formula is C26H26ClN3O3. The number of aryl methyl sites for hydroxylation is 1. The summed E-state index contributed by atoms with van der Waals surface area (Å²) in [5, 5.41) is 4.58. The number of aromatic nitrogens is 2. The van der Waals surface area contributed by atoms with E-state index < -0.39 is 0 Å². The molecule has 0 aliphatic carbocycles. The van der Waals surface area contributed by atoms with Gasteiger partial charge in [0.15, 0.2) is 0 Å². The van der Waals surface area contributed by atoms with Crippen molar-refractivity contribution in [3.63, 3.8) is 0 Å². The molecule has 1 amide bonds. The third kappa shape index (κ3) is 5.46. The molecule has 0 aliphatic heterocycles. The van der Waals surface area contributed by atoms with Gasteiger partial charge >= 0.3 is 0 Å². The van der Waals surface area contributed by atoms with Crippen LogP contribution in [0, 0.1) is 0 Å². The van der Waals surface area contributed by atoms with Crippen molar-refractivity contribution >= 4 is 34.1 Å². The number of carbonyl (C=O) groups is 1. The molecule has 0 radical (unpaired) electrons. The van der Waals surface area contributed by atoms with Crippen LogP contribution in [0.3, 0.4) is 0 Å². The van der Waals surface area contributed by atoms with Gasteiger partial charge in [-0.25, -0.2) is 4.98 Å². The van der Waals surface area contributed by atoms with Crippen LogP contribution < -0.4 is 10.1 Å². The lowest BCUT2D eigenvalue weighted by Gasteiger charge is -2.12. The number of fused-ring (bicyclic) bond motifs is 1. The van der Waals surface area contributed by atoms with Crippen LogP contribution in [-0.4, -0.2) is 28.6 Å². The Morgan fingerprint density at radius 3 is 2.82 bits per heavy atom. The Hall–Kier alpha value is -3.51. The predicted octanol–water partition coefficient (Wildman–Crippen LogP) is 5.96. The molecule has 0 saturated heterocycles. The van der Waals surface area contributed by atoms with E-state index in [1.165, 1.54) is 0 Å². The fourth-order valence-electron chi connectivity index (χ4n) is 3.71. The summed E-state index contributed by atoms with van der Waals surface area (Å²) in [5.74, 6) is 0.550. The number of benzene rings is 2. The summed E-state index contributed by atoms with van der Waals surface area (Å²) in [6.07, 6.45) is 9.60. The molecule has 2 aromatic carbocycles. The van der Waals surface area contributed by atoms with Gasteiger partial charge in [0, 0.05) is 59.2 Å². The van der Waals surface area contributed by atoms with Crippen LogP contribution in [0.2, 0.25) is 5.02 Å². The summed E-state index contributed by atoms with van der Waals surface area (Å²) in [4.78, 5) is 16.5. The molecule has 33 heavy (non-hydrogen) atoms. The molecule has 7 heteroatoms. The monoisotopic (exact) mass is 463 g/mol. The maximum absolute atomic E-state index is 12.5. The Morgan fingerprint density at radius 2 is 2.09 bits per heavy atom. The normalized spacial score (nSPS) is 11.7. The summed E-state index contributed by atoms with van der Waals surface area (Å²) >= 11 is 6.04. The Balaban J connectivity index is 1.56. The highest BCUT2D eigenvalue weighted by Gasteiger charge is 2.15. The minimum atomic E-state index is -0.134. The number of halogens is 1. The summed E-state index contributed by atoms with van der Waals surface area (Å²) in [5.41, 5.74) is 4.36. The molecule has 0 fully saturated rings. The Bertz CT molecular complexity index is 1260. The second kappa shape index (κ2) is 10.4. The molecule has 2 aromatic heterocycles. The number of furan rings is 1. The second-order valence-electron chi connectivity index (χ2n) is 7.71. The highest BCUT2D eigenvalue weighted by Crippen LogP contribution is 2.37. The largest absolute Gasteiger partial charge is 0.493 e. The van der Waals surface area contributed by atoms with Crippen LogP contribution >= 0.6 is 11.6 Å². The van der Waals surface area contributed by atoms with Crippen molar-refractivity contribution in [1.29, 1.82) is 0 Å². The number of allylic oxidation sites excluding steroid dienone is 1. The third-order valence-corrected chi connectivity index (χ3v) is 5.61. The molecule has 0 spiro atoms. The maximum Gasteiger partial charge on any atom is 0.244 e. The molecule has 6 nitrogen and oxygen atoms in total. The van der Waals surface area contributed by atoms with E-state index in [1.54, 1.807) is 24.9 Å². The average Bonchev–Trinajstić information content (AvgIpc) is 3.47. The van der Waals surface area contributed by atoms with Crippen LogP contribution in [0.25, 0.3) is 27.7 Å². The Kier molecular flexibility index (Phi) is 7.15. The van der Waals surface area contributed by atoms with Crippen molar-refractivity contribution in [3.05, 3.63) is 78.0 Å².